The van der Waals surface area contributed by atoms with Gasteiger partial charge in [-0.15, -0.1) is 0 Å². The number of carbonyl (C=O) groups is 1. The van der Waals surface area contributed by atoms with Gasteiger partial charge in [-0.3, -0.25) is 9.48 Å². The van der Waals surface area contributed by atoms with E-state index in [1.54, 1.807) is 11.7 Å². The second-order valence-corrected chi connectivity index (χ2v) is 5.34. The van der Waals surface area contributed by atoms with Crippen molar-refractivity contribution in [1.82, 2.24) is 19.6 Å². The standard InChI is InChI=1S/C12H19ClN4O/c1-8-7-15(3)5-6-17(8)12(18)10-9(2)14-16(4)11(10)13/h8H,5-7H2,1-4H3/t8-/m1/s1. The molecule has 6 heteroatoms. The Bertz CT molecular complexity index is 471. The lowest BCUT2D eigenvalue weighted by Gasteiger charge is -2.38. The van der Waals surface area contributed by atoms with Gasteiger partial charge in [0, 0.05) is 32.7 Å². The van der Waals surface area contributed by atoms with Crippen LogP contribution in [0.4, 0.5) is 0 Å². The molecule has 0 saturated carbocycles. The Morgan fingerprint density at radius 1 is 1.39 bits per heavy atom. The van der Waals surface area contributed by atoms with Gasteiger partial charge in [0.15, 0.2) is 0 Å². The van der Waals surface area contributed by atoms with Gasteiger partial charge < -0.3 is 9.80 Å². The van der Waals surface area contributed by atoms with E-state index in [4.69, 9.17) is 11.6 Å². The van der Waals surface area contributed by atoms with Crippen molar-refractivity contribution in [2.24, 2.45) is 7.05 Å². The number of likely N-dealkylation sites (N-methyl/N-ethyl adjacent to an activating group) is 1. The van der Waals surface area contributed by atoms with Crippen molar-refractivity contribution in [3.8, 4) is 0 Å². The summed E-state index contributed by atoms with van der Waals surface area (Å²) in [5.41, 5.74) is 1.23. The summed E-state index contributed by atoms with van der Waals surface area (Å²) in [7, 11) is 3.82. The van der Waals surface area contributed by atoms with Gasteiger partial charge in [0.1, 0.15) is 5.15 Å². The van der Waals surface area contributed by atoms with Crippen LogP contribution in [-0.4, -0.2) is 58.2 Å². The predicted octanol–water partition coefficient (Wildman–Crippen LogP) is 1.16. The fraction of sp³-hybridized carbons (Fsp3) is 0.667. The monoisotopic (exact) mass is 270 g/mol. The minimum absolute atomic E-state index is 0.00815. The number of rotatable bonds is 1. The normalized spacial score (nSPS) is 21.4. The Morgan fingerprint density at radius 3 is 2.56 bits per heavy atom. The summed E-state index contributed by atoms with van der Waals surface area (Å²) in [4.78, 5) is 16.7. The molecule has 1 atom stereocenters. The van der Waals surface area contributed by atoms with Crippen LogP contribution in [0.15, 0.2) is 0 Å². The van der Waals surface area contributed by atoms with Crippen LogP contribution in [0.5, 0.6) is 0 Å². The van der Waals surface area contributed by atoms with Crippen LogP contribution in [0.1, 0.15) is 23.0 Å². The Hall–Kier alpha value is -1.07. The fourth-order valence-corrected chi connectivity index (χ4v) is 2.71. The molecule has 5 nitrogen and oxygen atoms in total. The molecule has 1 saturated heterocycles. The molecule has 2 heterocycles. The van der Waals surface area contributed by atoms with Crippen LogP contribution in [0.2, 0.25) is 5.15 Å². The Balaban J connectivity index is 2.26. The van der Waals surface area contributed by atoms with Crippen molar-refractivity contribution < 1.29 is 4.79 Å². The van der Waals surface area contributed by atoms with Crippen molar-refractivity contribution >= 4 is 17.5 Å². The van der Waals surface area contributed by atoms with Crippen molar-refractivity contribution in [2.45, 2.75) is 19.9 Å². The number of aryl methyl sites for hydroxylation is 2. The molecule has 0 radical (unpaired) electrons. The molecule has 0 aromatic carbocycles. The van der Waals surface area contributed by atoms with Gasteiger partial charge in [0.25, 0.3) is 5.91 Å². The largest absolute Gasteiger partial charge is 0.333 e. The zero-order chi connectivity index (χ0) is 13.4. The van der Waals surface area contributed by atoms with Crippen LogP contribution in [0.25, 0.3) is 0 Å². The maximum absolute atomic E-state index is 12.5. The molecule has 1 aliphatic rings. The highest BCUT2D eigenvalue weighted by Gasteiger charge is 2.30. The molecule has 18 heavy (non-hydrogen) atoms. The first-order valence-electron chi connectivity index (χ1n) is 6.10. The number of amides is 1. The molecule has 1 aromatic rings. The summed E-state index contributed by atoms with van der Waals surface area (Å²) >= 11 is 6.15. The van der Waals surface area contributed by atoms with Gasteiger partial charge in [-0.2, -0.15) is 5.10 Å². The number of hydrogen-bond donors (Lipinski definition) is 0. The van der Waals surface area contributed by atoms with Gasteiger partial charge in [-0.1, -0.05) is 11.6 Å². The topological polar surface area (TPSA) is 41.4 Å². The quantitative estimate of drug-likeness (QED) is 0.769. The van der Waals surface area contributed by atoms with E-state index in [1.165, 1.54) is 0 Å². The lowest BCUT2D eigenvalue weighted by molar-refractivity contribution is 0.0533. The molecule has 1 amide bonds. The lowest BCUT2D eigenvalue weighted by atomic mass is 10.1. The molecular formula is C12H19ClN4O. The van der Waals surface area contributed by atoms with Gasteiger partial charge in [-0.25, -0.2) is 0 Å². The lowest BCUT2D eigenvalue weighted by Crippen LogP contribution is -2.52. The molecule has 0 bridgehead atoms. The van der Waals surface area contributed by atoms with Crippen molar-refractivity contribution in [1.29, 1.82) is 0 Å². The van der Waals surface area contributed by atoms with Crippen LogP contribution in [0.3, 0.4) is 0 Å². The Morgan fingerprint density at radius 2 is 2.06 bits per heavy atom. The third-order valence-corrected chi connectivity index (χ3v) is 3.89. The second kappa shape index (κ2) is 4.90. The molecule has 0 spiro atoms. The number of aromatic nitrogens is 2. The predicted molar refractivity (Wildman–Crippen MR) is 71.0 cm³/mol. The summed E-state index contributed by atoms with van der Waals surface area (Å²) < 4.78 is 1.55. The van der Waals surface area contributed by atoms with Crippen molar-refractivity contribution in [3.63, 3.8) is 0 Å². The van der Waals surface area contributed by atoms with Crippen LogP contribution >= 0.6 is 11.6 Å². The summed E-state index contributed by atoms with van der Waals surface area (Å²) in [5.74, 6) is -0.00815. The second-order valence-electron chi connectivity index (χ2n) is 4.98. The van der Waals surface area contributed by atoms with E-state index in [0.29, 0.717) is 16.4 Å². The van der Waals surface area contributed by atoms with E-state index in [0.717, 1.165) is 19.6 Å². The first-order valence-corrected chi connectivity index (χ1v) is 6.48. The molecule has 1 aromatic heterocycles. The highest BCUT2D eigenvalue weighted by Crippen LogP contribution is 2.22. The molecule has 2 rings (SSSR count). The third kappa shape index (κ3) is 2.24. The van der Waals surface area contributed by atoms with E-state index in [2.05, 4.69) is 24.0 Å². The van der Waals surface area contributed by atoms with Gasteiger partial charge >= 0.3 is 0 Å². The third-order valence-electron chi connectivity index (χ3n) is 3.46. The van der Waals surface area contributed by atoms with E-state index < -0.39 is 0 Å². The van der Waals surface area contributed by atoms with Crippen LogP contribution in [0, 0.1) is 6.92 Å². The minimum atomic E-state index is -0.00815. The number of piperazine rings is 1. The zero-order valence-corrected chi connectivity index (χ0v) is 12.0. The Kier molecular flexibility index (Phi) is 3.64. The molecular weight excluding hydrogens is 252 g/mol. The highest BCUT2D eigenvalue weighted by atomic mass is 35.5. The molecule has 0 unspecified atom stereocenters. The van der Waals surface area contributed by atoms with Gasteiger partial charge in [0.05, 0.1) is 11.3 Å². The van der Waals surface area contributed by atoms with Crippen LogP contribution < -0.4 is 0 Å². The number of hydrogen-bond acceptors (Lipinski definition) is 3. The average Bonchev–Trinajstić information content (AvgIpc) is 2.52. The number of halogens is 1. The fourth-order valence-electron chi connectivity index (χ4n) is 2.46. The van der Waals surface area contributed by atoms with Gasteiger partial charge in [-0.05, 0) is 20.9 Å². The summed E-state index contributed by atoms with van der Waals surface area (Å²) in [6.45, 7) is 6.41. The first kappa shape index (κ1) is 13.4. The number of nitrogens with zero attached hydrogens (tertiary/aromatic N) is 4. The highest BCUT2D eigenvalue weighted by molar-refractivity contribution is 6.33. The maximum Gasteiger partial charge on any atom is 0.259 e. The Labute approximate surface area is 112 Å². The van der Waals surface area contributed by atoms with Crippen molar-refractivity contribution in [3.05, 3.63) is 16.4 Å². The molecule has 1 aliphatic heterocycles. The first-order chi connectivity index (χ1) is 8.41. The molecule has 0 N–H and O–H groups in total. The number of carbonyl (C=O) groups excluding carboxylic acids is 1. The summed E-state index contributed by atoms with van der Waals surface area (Å²) in [6, 6.07) is 0.201. The summed E-state index contributed by atoms with van der Waals surface area (Å²) in [5, 5.41) is 4.61. The van der Waals surface area contributed by atoms with E-state index in [9.17, 15) is 4.79 Å². The smallest absolute Gasteiger partial charge is 0.259 e. The van der Waals surface area contributed by atoms with E-state index >= 15 is 0 Å². The SMILES string of the molecule is Cc1nn(C)c(Cl)c1C(=O)N1CCN(C)C[C@H]1C. The molecule has 0 aliphatic carbocycles. The van der Waals surface area contributed by atoms with Gasteiger partial charge in [0.2, 0.25) is 0 Å². The average molecular weight is 271 g/mol. The zero-order valence-electron chi connectivity index (χ0n) is 11.3. The summed E-state index contributed by atoms with van der Waals surface area (Å²) in [6.07, 6.45) is 0. The minimum Gasteiger partial charge on any atom is -0.333 e. The van der Waals surface area contributed by atoms with Crippen molar-refractivity contribution in [2.75, 3.05) is 26.7 Å². The van der Waals surface area contributed by atoms with E-state index in [-0.39, 0.29) is 11.9 Å². The molecule has 100 valence electrons. The molecule has 1 fully saturated rings. The van der Waals surface area contributed by atoms with E-state index in [1.807, 2.05) is 11.8 Å². The van der Waals surface area contributed by atoms with Crippen LogP contribution in [-0.2, 0) is 7.05 Å². The maximum atomic E-state index is 12.5.